The van der Waals surface area contributed by atoms with E-state index in [-0.39, 0.29) is 0 Å². The molecule has 0 amide bonds. The number of aliphatic carboxylic acids is 1. The maximum absolute atomic E-state index is 11.5. The maximum Gasteiger partial charge on any atom is 0.397 e. The summed E-state index contributed by atoms with van der Waals surface area (Å²) in [6.45, 7) is -1.97. The summed E-state index contributed by atoms with van der Waals surface area (Å²) in [6, 6.07) is 0. The van der Waals surface area contributed by atoms with Gasteiger partial charge in [0.1, 0.15) is 36.6 Å². The monoisotopic (exact) mass is 580 g/mol. The lowest BCUT2D eigenvalue weighted by Gasteiger charge is -2.42. The summed E-state index contributed by atoms with van der Waals surface area (Å²) in [5, 5.41) is 39.2. The van der Waals surface area contributed by atoms with Crippen LogP contribution < -0.4 is 0 Å². The summed E-state index contributed by atoms with van der Waals surface area (Å²) < 4.78 is 120. The second-order valence-corrected chi connectivity index (χ2v) is 10.1. The third-order valence-corrected chi connectivity index (χ3v) is 5.88. The molecule has 35 heavy (non-hydrogen) atoms. The molecule has 0 aromatic heterocycles. The molecule has 0 bridgehead atoms. The zero-order chi connectivity index (χ0) is 26.9. The van der Waals surface area contributed by atoms with Crippen molar-refractivity contribution in [1.82, 2.24) is 0 Å². The largest absolute Gasteiger partial charge is 0.479 e. The van der Waals surface area contributed by atoms with Crippen LogP contribution in [0.2, 0.25) is 0 Å². The molecule has 9 atom stereocenters. The molecule has 2 saturated heterocycles. The second-order valence-electron chi connectivity index (χ2n) is 6.93. The smallest absolute Gasteiger partial charge is 0.397 e. The number of hydrogen-bond acceptors (Lipinski definition) is 16. The predicted molar refractivity (Wildman–Crippen MR) is 99.3 cm³/mol. The van der Waals surface area contributed by atoms with E-state index in [9.17, 15) is 50.5 Å². The summed E-state index contributed by atoms with van der Waals surface area (Å²) >= 11 is 0. The third kappa shape index (κ3) is 8.44. The van der Waals surface area contributed by atoms with Gasteiger partial charge in [-0.3, -0.25) is 13.7 Å². The Morgan fingerprint density at radius 1 is 0.771 bits per heavy atom. The molecule has 2 heterocycles. The van der Waals surface area contributed by atoms with Crippen molar-refractivity contribution in [2.45, 2.75) is 55.1 Å². The molecule has 2 aliphatic heterocycles. The van der Waals surface area contributed by atoms with E-state index in [1.54, 1.807) is 0 Å². The van der Waals surface area contributed by atoms with Crippen molar-refractivity contribution in [2.24, 2.45) is 0 Å². The van der Waals surface area contributed by atoms with Crippen LogP contribution in [0.25, 0.3) is 0 Å². The van der Waals surface area contributed by atoms with Crippen LogP contribution in [0.15, 0.2) is 0 Å². The predicted octanol–water partition coefficient (Wildman–Crippen LogP) is -5.14. The van der Waals surface area contributed by atoms with Crippen LogP contribution in [0.3, 0.4) is 0 Å². The number of hydrogen-bond donors (Lipinski definition) is 7. The van der Waals surface area contributed by atoms with E-state index >= 15 is 0 Å². The zero-order valence-corrected chi connectivity index (χ0v) is 19.2. The van der Waals surface area contributed by atoms with Gasteiger partial charge in [-0.2, -0.15) is 25.3 Å². The summed E-state index contributed by atoms with van der Waals surface area (Å²) in [5.41, 5.74) is 0. The molecule has 2 fully saturated rings. The van der Waals surface area contributed by atoms with Crippen molar-refractivity contribution in [3.8, 4) is 0 Å². The van der Waals surface area contributed by atoms with E-state index in [2.05, 4.69) is 12.5 Å². The van der Waals surface area contributed by atoms with Gasteiger partial charge in [0.25, 0.3) is 0 Å². The molecule has 0 saturated carbocycles. The van der Waals surface area contributed by atoms with Crippen molar-refractivity contribution in [2.75, 3.05) is 13.2 Å². The van der Waals surface area contributed by atoms with Crippen molar-refractivity contribution in [1.29, 1.82) is 0 Å². The molecule has 7 N–H and O–H groups in total. The van der Waals surface area contributed by atoms with Gasteiger partial charge in [-0.1, -0.05) is 0 Å². The Bertz CT molecular complexity index is 1070. The molecule has 23 heteroatoms. The highest BCUT2D eigenvalue weighted by Gasteiger charge is 2.56. The Morgan fingerprint density at radius 3 is 1.77 bits per heavy atom. The van der Waals surface area contributed by atoms with Crippen molar-refractivity contribution in [3.05, 3.63) is 0 Å². The Kier molecular flexibility index (Phi) is 9.51. The van der Waals surface area contributed by atoms with Crippen LogP contribution in [0.4, 0.5) is 0 Å². The minimum absolute atomic E-state index is 0.898. The number of ether oxygens (including phenoxy) is 3. The summed E-state index contributed by atoms with van der Waals surface area (Å²) in [7, 11) is -16.0. The Morgan fingerprint density at radius 2 is 1.31 bits per heavy atom. The zero-order valence-electron chi connectivity index (χ0n) is 16.8. The van der Waals surface area contributed by atoms with Gasteiger partial charge in [0.2, 0.25) is 0 Å². The van der Waals surface area contributed by atoms with Crippen LogP contribution in [0, 0.1) is 0 Å². The highest BCUT2D eigenvalue weighted by atomic mass is 32.3. The fourth-order valence-corrected chi connectivity index (χ4v) is 4.49. The van der Waals surface area contributed by atoms with E-state index in [0.717, 1.165) is 0 Å². The van der Waals surface area contributed by atoms with Crippen molar-refractivity contribution in [3.63, 3.8) is 0 Å². The SMILES string of the molecule is O=C(O)C1OC(OC2C(COS(=O)(=O)O)OC(CO)C2O)C(OS(=O)(=O)O)C(O)C1OS(=O)(=O)O. The molecule has 2 rings (SSSR count). The summed E-state index contributed by atoms with van der Waals surface area (Å²) in [5.74, 6) is -2.04. The van der Waals surface area contributed by atoms with Crippen molar-refractivity contribution < 1.29 is 90.9 Å². The molecule has 0 radical (unpaired) electrons. The van der Waals surface area contributed by atoms with Crippen LogP contribution in [0.1, 0.15) is 0 Å². The van der Waals surface area contributed by atoms with Crippen LogP contribution in [-0.4, -0.2) is 134 Å². The highest BCUT2D eigenvalue weighted by molar-refractivity contribution is 7.81. The number of carboxylic acids is 1. The van der Waals surface area contributed by atoms with Crippen molar-refractivity contribution >= 4 is 37.2 Å². The lowest BCUT2D eigenvalue weighted by molar-refractivity contribution is -0.303. The number of aliphatic hydroxyl groups excluding tert-OH is 3. The lowest BCUT2D eigenvalue weighted by Crippen LogP contribution is -2.63. The molecule has 0 aromatic rings. The van der Waals surface area contributed by atoms with Gasteiger partial charge < -0.3 is 34.6 Å². The molecule has 9 unspecified atom stereocenters. The fraction of sp³-hybridized carbons (Fsp3) is 0.917. The second kappa shape index (κ2) is 11.1. The number of aliphatic hydroxyl groups is 3. The molecule has 0 aromatic carbocycles. The first-order valence-electron chi connectivity index (χ1n) is 8.92. The number of carbonyl (C=O) groups is 1. The van der Waals surface area contributed by atoms with Crippen LogP contribution >= 0.6 is 0 Å². The molecular weight excluding hydrogens is 560 g/mol. The quantitative estimate of drug-likeness (QED) is 0.112. The molecule has 206 valence electrons. The number of carboxylic acid groups (broad SMARTS) is 1. The van der Waals surface area contributed by atoms with Gasteiger partial charge in [-0.25, -0.2) is 17.3 Å². The topological polar surface area (TPSA) is 316 Å². The maximum atomic E-state index is 11.5. The summed E-state index contributed by atoms with van der Waals surface area (Å²) in [4.78, 5) is 11.5. The van der Waals surface area contributed by atoms with Gasteiger partial charge in [-0.05, 0) is 0 Å². The van der Waals surface area contributed by atoms with E-state index in [4.69, 9.17) is 27.9 Å². The first kappa shape index (κ1) is 30.1. The average Bonchev–Trinajstić information content (AvgIpc) is 2.97. The Labute approximate surface area is 196 Å². The third-order valence-electron chi connectivity index (χ3n) is 4.52. The first-order chi connectivity index (χ1) is 15.8. The Hall–Kier alpha value is -1.16. The van der Waals surface area contributed by atoms with E-state index < -0.39 is 106 Å². The minimum atomic E-state index is -5.51. The van der Waals surface area contributed by atoms with Gasteiger partial charge in [0, 0.05) is 0 Å². The molecular formula is C12H20O20S3. The van der Waals surface area contributed by atoms with Gasteiger partial charge in [-0.15, -0.1) is 0 Å². The van der Waals surface area contributed by atoms with Gasteiger partial charge in [0.05, 0.1) is 13.2 Å². The molecule has 0 spiro atoms. The Balaban J connectivity index is 2.42. The van der Waals surface area contributed by atoms with Crippen LogP contribution in [0.5, 0.6) is 0 Å². The van der Waals surface area contributed by atoms with E-state index in [0.29, 0.717) is 0 Å². The standard InChI is InChI=1S/C12H20O20S3/c13-1-3-5(14)7(4(28-3)2-27-33(18,19)20)29-12-9(32-35(24,25)26)6(15)8(31-34(21,22)23)10(30-12)11(16)17/h3-10,12-15H,1-2H2,(H,16,17)(H,18,19,20)(H,21,22,23)(H,24,25,26). The van der Waals surface area contributed by atoms with E-state index in [1.165, 1.54) is 0 Å². The average molecular weight is 580 g/mol. The highest BCUT2D eigenvalue weighted by Crippen LogP contribution is 2.33. The minimum Gasteiger partial charge on any atom is -0.479 e. The molecule has 20 nitrogen and oxygen atoms in total. The van der Waals surface area contributed by atoms with Gasteiger partial charge >= 0.3 is 37.2 Å². The number of rotatable bonds is 11. The van der Waals surface area contributed by atoms with E-state index in [1.807, 2.05) is 0 Å². The summed E-state index contributed by atoms with van der Waals surface area (Å²) in [6.07, 6.45) is -19.6. The first-order valence-corrected chi connectivity index (χ1v) is 13.0. The molecule has 2 aliphatic rings. The lowest BCUT2D eigenvalue weighted by atomic mass is 9.98. The molecule has 0 aliphatic carbocycles. The van der Waals surface area contributed by atoms with Gasteiger partial charge in [0.15, 0.2) is 18.5 Å². The fourth-order valence-electron chi connectivity index (χ4n) is 3.20. The van der Waals surface area contributed by atoms with Crippen LogP contribution in [-0.2, 0) is 62.8 Å². The normalized spacial score (nSPS) is 36.8.